The predicted molar refractivity (Wildman–Crippen MR) is 118 cm³/mol. The van der Waals surface area contributed by atoms with Crippen molar-refractivity contribution in [1.29, 1.82) is 0 Å². The van der Waals surface area contributed by atoms with Crippen LogP contribution in [-0.4, -0.2) is 22.4 Å². The number of phenols is 1. The van der Waals surface area contributed by atoms with E-state index >= 15 is 0 Å². The molecule has 0 aliphatic carbocycles. The maximum atomic E-state index is 11.1. The van der Waals surface area contributed by atoms with Crippen LogP contribution >= 0.6 is 0 Å². The van der Waals surface area contributed by atoms with Crippen molar-refractivity contribution in [2.24, 2.45) is 0 Å². The molecule has 1 aromatic heterocycles. The summed E-state index contributed by atoms with van der Waals surface area (Å²) in [4.78, 5) is 4.55. The second kappa shape index (κ2) is 7.67. The van der Waals surface area contributed by atoms with Crippen LogP contribution in [0.15, 0.2) is 71.3 Å². The number of rotatable bonds is 4. The SMILES string of the molecule is COc1cccc(-c2noc(-c3cc(C(C)(C)C)cc(-c4ccccc4)c3O)n2)c1. The summed E-state index contributed by atoms with van der Waals surface area (Å²) in [7, 11) is 1.61. The third-order valence-corrected chi connectivity index (χ3v) is 5.05. The summed E-state index contributed by atoms with van der Waals surface area (Å²) in [6.07, 6.45) is 0. The molecule has 0 amide bonds. The van der Waals surface area contributed by atoms with Crippen LogP contribution in [0.3, 0.4) is 0 Å². The van der Waals surface area contributed by atoms with Crippen LogP contribution in [0.2, 0.25) is 0 Å². The molecule has 30 heavy (non-hydrogen) atoms. The van der Waals surface area contributed by atoms with E-state index in [-0.39, 0.29) is 17.1 Å². The molecule has 5 heteroatoms. The van der Waals surface area contributed by atoms with Crippen LogP contribution in [0.5, 0.6) is 11.5 Å². The molecule has 152 valence electrons. The normalized spacial score (nSPS) is 11.5. The number of nitrogens with zero attached hydrogens (tertiary/aromatic N) is 2. The molecule has 0 radical (unpaired) electrons. The summed E-state index contributed by atoms with van der Waals surface area (Å²) < 4.78 is 10.8. The van der Waals surface area contributed by atoms with Gasteiger partial charge in [-0.25, -0.2) is 0 Å². The Labute approximate surface area is 176 Å². The van der Waals surface area contributed by atoms with Gasteiger partial charge >= 0.3 is 0 Å². The molecular weight excluding hydrogens is 376 g/mol. The Morgan fingerprint density at radius 3 is 2.27 bits per heavy atom. The van der Waals surface area contributed by atoms with Gasteiger partial charge in [-0.3, -0.25) is 0 Å². The van der Waals surface area contributed by atoms with Crippen molar-refractivity contribution in [1.82, 2.24) is 10.1 Å². The molecule has 0 aliphatic heterocycles. The summed E-state index contributed by atoms with van der Waals surface area (Å²) in [5.41, 5.74) is 3.90. The fourth-order valence-electron chi connectivity index (χ4n) is 3.28. The van der Waals surface area contributed by atoms with Crippen molar-refractivity contribution in [2.75, 3.05) is 7.11 Å². The predicted octanol–water partition coefficient (Wildman–Crippen LogP) is 6.08. The summed E-state index contributed by atoms with van der Waals surface area (Å²) in [6.45, 7) is 6.40. The zero-order valence-corrected chi connectivity index (χ0v) is 17.5. The number of aromatic hydroxyl groups is 1. The molecule has 0 fully saturated rings. The number of benzene rings is 3. The zero-order valence-electron chi connectivity index (χ0n) is 17.5. The lowest BCUT2D eigenvalue weighted by Gasteiger charge is -2.22. The lowest BCUT2D eigenvalue weighted by atomic mass is 9.83. The van der Waals surface area contributed by atoms with Gasteiger partial charge in [0.1, 0.15) is 11.5 Å². The third kappa shape index (κ3) is 3.79. The average Bonchev–Trinajstić information content (AvgIpc) is 3.24. The van der Waals surface area contributed by atoms with E-state index in [4.69, 9.17) is 9.26 Å². The highest BCUT2D eigenvalue weighted by Gasteiger charge is 2.23. The van der Waals surface area contributed by atoms with Crippen LogP contribution in [0.25, 0.3) is 34.0 Å². The quantitative estimate of drug-likeness (QED) is 0.449. The Morgan fingerprint density at radius 1 is 0.867 bits per heavy atom. The topological polar surface area (TPSA) is 68.4 Å². The van der Waals surface area contributed by atoms with Gasteiger partial charge in [0.25, 0.3) is 5.89 Å². The van der Waals surface area contributed by atoms with E-state index in [1.165, 1.54) is 0 Å². The van der Waals surface area contributed by atoms with E-state index in [1.54, 1.807) is 7.11 Å². The Hall–Kier alpha value is -3.60. The molecule has 4 aromatic rings. The van der Waals surface area contributed by atoms with E-state index in [0.29, 0.717) is 17.1 Å². The van der Waals surface area contributed by atoms with Gasteiger partial charge in [0, 0.05) is 11.1 Å². The maximum Gasteiger partial charge on any atom is 0.262 e. The number of aromatic nitrogens is 2. The van der Waals surface area contributed by atoms with E-state index in [9.17, 15) is 5.11 Å². The first kappa shape index (κ1) is 19.7. The Kier molecular flexibility index (Phi) is 5.04. The van der Waals surface area contributed by atoms with Gasteiger partial charge in [-0.2, -0.15) is 4.98 Å². The number of hydrogen-bond donors (Lipinski definition) is 1. The van der Waals surface area contributed by atoms with Gasteiger partial charge < -0.3 is 14.4 Å². The second-order valence-corrected chi connectivity index (χ2v) is 8.19. The molecule has 1 heterocycles. The molecule has 0 unspecified atom stereocenters. The van der Waals surface area contributed by atoms with Gasteiger partial charge in [-0.05, 0) is 40.8 Å². The molecule has 0 aliphatic rings. The van der Waals surface area contributed by atoms with E-state index in [1.807, 2.05) is 66.7 Å². The van der Waals surface area contributed by atoms with Crippen LogP contribution in [0.4, 0.5) is 0 Å². The van der Waals surface area contributed by atoms with Gasteiger partial charge in [0.15, 0.2) is 0 Å². The van der Waals surface area contributed by atoms with E-state index < -0.39 is 0 Å². The van der Waals surface area contributed by atoms with Crippen molar-refractivity contribution in [2.45, 2.75) is 26.2 Å². The lowest BCUT2D eigenvalue weighted by molar-refractivity contribution is 0.414. The van der Waals surface area contributed by atoms with Gasteiger partial charge in [0.05, 0.1) is 12.7 Å². The number of ether oxygens (including phenoxy) is 1. The Balaban J connectivity index is 1.85. The molecule has 1 N–H and O–H groups in total. The zero-order chi connectivity index (χ0) is 21.3. The highest BCUT2D eigenvalue weighted by molar-refractivity contribution is 5.81. The van der Waals surface area contributed by atoms with Crippen LogP contribution in [0.1, 0.15) is 26.3 Å². The summed E-state index contributed by atoms with van der Waals surface area (Å²) in [5, 5.41) is 15.2. The molecule has 0 bridgehead atoms. The average molecular weight is 400 g/mol. The first-order valence-corrected chi connectivity index (χ1v) is 9.78. The van der Waals surface area contributed by atoms with Crippen molar-refractivity contribution < 1.29 is 14.4 Å². The van der Waals surface area contributed by atoms with Gasteiger partial charge in [-0.15, -0.1) is 0 Å². The van der Waals surface area contributed by atoms with Crippen LogP contribution in [-0.2, 0) is 5.41 Å². The standard InChI is InChI=1S/C25H24N2O3/c1-25(2,3)18-14-20(16-9-6-5-7-10-16)22(28)21(15-18)24-26-23(27-30-24)17-11-8-12-19(13-17)29-4/h5-15,28H,1-4H3. The minimum atomic E-state index is -0.123. The van der Waals surface area contributed by atoms with Crippen LogP contribution in [0, 0.1) is 0 Å². The van der Waals surface area contributed by atoms with Crippen LogP contribution < -0.4 is 4.74 Å². The highest BCUT2D eigenvalue weighted by Crippen LogP contribution is 2.41. The monoisotopic (exact) mass is 400 g/mol. The smallest absolute Gasteiger partial charge is 0.262 e. The molecule has 0 atom stereocenters. The Bertz CT molecular complexity index is 1170. The highest BCUT2D eigenvalue weighted by atomic mass is 16.5. The van der Waals surface area contributed by atoms with Crippen molar-refractivity contribution >= 4 is 0 Å². The molecule has 4 rings (SSSR count). The summed E-state index contributed by atoms with van der Waals surface area (Å²) in [6, 6.07) is 21.2. The molecular formula is C25H24N2O3. The fraction of sp³-hybridized carbons (Fsp3) is 0.200. The first-order chi connectivity index (χ1) is 14.4. The fourth-order valence-corrected chi connectivity index (χ4v) is 3.28. The molecule has 0 saturated carbocycles. The Morgan fingerprint density at radius 2 is 1.57 bits per heavy atom. The summed E-state index contributed by atoms with van der Waals surface area (Å²) in [5.74, 6) is 1.54. The van der Waals surface area contributed by atoms with Crippen molar-refractivity contribution in [3.8, 4) is 45.5 Å². The van der Waals surface area contributed by atoms with Crippen molar-refractivity contribution in [3.05, 3.63) is 72.3 Å². The van der Waals surface area contributed by atoms with E-state index in [2.05, 4.69) is 30.9 Å². The summed E-state index contributed by atoms with van der Waals surface area (Å²) >= 11 is 0. The largest absolute Gasteiger partial charge is 0.506 e. The minimum Gasteiger partial charge on any atom is -0.506 e. The van der Waals surface area contributed by atoms with Gasteiger partial charge in [-0.1, -0.05) is 68.4 Å². The molecule has 5 nitrogen and oxygen atoms in total. The van der Waals surface area contributed by atoms with Gasteiger partial charge in [0.2, 0.25) is 5.82 Å². The third-order valence-electron chi connectivity index (χ3n) is 5.05. The minimum absolute atomic E-state index is 0.120. The van der Waals surface area contributed by atoms with E-state index in [0.717, 1.165) is 22.3 Å². The molecule has 0 spiro atoms. The second-order valence-electron chi connectivity index (χ2n) is 8.19. The van der Waals surface area contributed by atoms with Crippen molar-refractivity contribution in [3.63, 3.8) is 0 Å². The number of phenolic OH excluding ortho intramolecular Hbond substituents is 1. The lowest BCUT2D eigenvalue weighted by Crippen LogP contribution is -2.11. The number of methoxy groups -OCH3 is 1. The molecule has 0 saturated heterocycles. The maximum absolute atomic E-state index is 11.1. The first-order valence-electron chi connectivity index (χ1n) is 9.78. The number of hydrogen-bond acceptors (Lipinski definition) is 5. The molecule has 3 aromatic carbocycles.